The monoisotopic (exact) mass is 448 g/mol. The van der Waals surface area contributed by atoms with Crippen molar-refractivity contribution in [1.29, 1.82) is 0 Å². The van der Waals surface area contributed by atoms with Crippen molar-refractivity contribution in [1.82, 2.24) is 9.80 Å². The van der Waals surface area contributed by atoms with Crippen LogP contribution in [0.2, 0.25) is 0 Å². The van der Waals surface area contributed by atoms with Gasteiger partial charge in [0, 0.05) is 26.2 Å². The number of ketones is 1. The predicted molar refractivity (Wildman–Crippen MR) is 113 cm³/mol. The zero-order chi connectivity index (χ0) is 22.8. The number of hydrogen-bond donors (Lipinski definition) is 2. The molecule has 1 aromatic heterocycles. The number of rotatable bonds is 6. The van der Waals surface area contributed by atoms with Crippen LogP contribution in [0.1, 0.15) is 16.6 Å². The molecule has 2 heterocycles. The first-order valence-corrected chi connectivity index (χ1v) is 10.4. The summed E-state index contributed by atoms with van der Waals surface area (Å²) < 4.78 is 5.71. The standard InChI is InChI=1S/C19H22N2O3S.C2H2O4/c1-15(24-16-6-3-2-4-7-16)19(23)21-11-9-20(10-12-21)14-17(22)18-8-5-13-25-18;3-1(4)2(5)6/h2-8,13,15H,9-12,14H2,1H3;(H,3,4)(H,5,6). The summed E-state index contributed by atoms with van der Waals surface area (Å²) in [5, 5.41) is 16.7. The van der Waals surface area contributed by atoms with Crippen molar-refractivity contribution in [2.24, 2.45) is 0 Å². The van der Waals surface area contributed by atoms with E-state index in [2.05, 4.69) is 4.90 Å². The fourth-order valence-corrected chi connectivity index (χ4v) is 3.51. The summed E-state index contributed by atoms with van der Waals surface area (Å²) in [5.41, 5.74) is 0. The summed E-state index contributed by atoms with van der Waals surface area (Å²) in [6.07, 6.45) is -0.512. The van der Waals surface area contributed by atoms with Crippen LogP contribution >= 0.6 is 11.3 Å². The molecule has 10 heteroatoms. The molecule has 9 nitrogen and oxygen atoms in total. The molecular weight excluding hydrogens is 424 g/mol. The van der Waals surface area contributed by atoms with Gasteiger partial charge >= 0.3 is 11.9 Å². The average molecular weight is 448 g/mol. The van der Waals surface area contributed by atoms with E-state index in [1.807, 2.05) is 52.7 Å². The largest absolute Gasteiger partial charge is 0.481 e. The van der Waals surface area contributed by atoms with Crippen molar-refractivity contribution in [2.75, 3.05) is 32.7 Å². The fourth-order valence-electron chi connectivity index (χ4n) is 2.86. The van der Waals surface area contributed by atoms with Gasteiger partial charge in [-0.15, -0.1) is 11.3 Å². The van der Waals surface area contributed by atoms with Gasteiger partial charge in [-0.05, 0) is 30.5 Å². The highest BCUT2D eigenvalue weighted by atomic mass is 32.1. The topological polar surface area (TPSA) is 124 Å². The van der Waals surface area contributed by atoms with E-state index in [1.165, 1.54) is 11.3 Å². The molecule has 0 aliphatic carbocycles. The molecule has 2 N–H and O–H groups in total. The lowest BCUT2D eigenvalue weighted by molar-refractivity contribution is -0.159. The normalized spacial score (nSPS) is 14.7. The second kappa shape index (κ2) is 11.8. The van der Waals surface area contributed by atoms with Crippen LogP contribution in [0.25, 0.3) is 0 Å². The van der Waals surface area contributed by atoms with Crippen LogP contribution in [0.15, 0.2) is 47.8 Å². The van der Waals surface area contributed by atoms with Gasteiger partial charge in [-0.1, -0.05) is 24.3 Å². The summed E-state index contributed by atoms with van der Waals surface area (Å²) in [4.78, 5) is 47.6. The quantitative estimate of drug-likeness (QED) is 0.505. The highest BCUT2D eigenvalue weighted by Crippen LogP contribution is 2.14. The maximum atomic E-state index is 12.5. The van der Waals surface area contributed by atoms with Crippen molar-refractivity contribution in [2.45, 2.75) is 13.0 Å². The average Bonchev–Trinajstić information content (AvgIpc) is 3.30. The highest BCUT2D eigenvalue weighted by Gasteiger charge is 2.27. The Labute approximate surface area is 183 Å². The summed E-state index contributed by atoms with van der Waals surface area (Å²) in [6, 6.07) is 13.1. The van der Waals surface area contributed by atoms with E-state index in [1.54, 1.807) is 6.92 Å². The molecule has 0 bridgehead atoms. The Balaban J connectivity index is 0.000000501. The van der Waals surface area contributed by atoms with Crippen LogP contribution in [-0.4, -0.2) is 82.5 Å². The Hall–Kier alpha value is -3.24. The van der Waals surface area contributed by atoms with Crippen molar-refractivity contribution in [3.8, 4) is 5.75 Å². The molecule has 0 spiro atoms. The van der Waals surface area contributed by atoms with E-state index < -0.39 is 18.0 Å². The van der Waals surface area contributed by atoms with Crippen LogP contribution < -0.4 is 4.74 Å². The lowest BCUT2D eigenvalue weighted by Crippen LogP contribution is -2.52. The Kier molecular flexibility index (Phi) is 9.16. The summed E-state index contributed by atoms with van der Waals surface area (Å²) in [6.45, 7) is 4.86. The second-order valence-electron chi connectivity index (χ2n) is 6.69. The molecule has 1 amide bonds. The zero-order valence-electron chi connectivity index (χ0n) is 17.0. The molecule has 1 atom stereocenters. The number of piperazine rings is 1. The second-order valence-corrected chi connectivity index (χ2v) is 7.63. The Morgan fingerprint density at radius 3 is 2.10 bits per heavy atom. The number of carboxylic acids is 2. The van der Waals surface area contributed by atoms with Crippen LogP contribution in [0.4, 0.5) is 0 Å². The smallest absolute Gasteiger partial charge is 0.414 e. The molecule has 3 rings (SSSR count). The van der Waals surface area contributed by atoms with Gasteiger partial charge in [0.15, 0.2) is 11.9 Å². The number of carbonyl (C=O) groups excluding carboxylic acids is 2. The van der Waals surface area contributed by atoms with Crippen molar-refractivity contribution in [3.63, 3.8) is 0 Å². The van der Waals surface area contributed by atoms with Crippen molar-refractivity contribution in [3.05, 3.63) is 52.7 Å². The predicted octanol–water partition coefficient (Wildman–Crippen LogP) is 1.70. The molecular formula is C21H24N2O7S. The summed E-state index contributed by atoms with van der Waals surface area (Å²) >= 11 is 1.47. The van der Waals surface area contributed by atoms with Crippen LogP contribution in [0, 0.1) is 0 Å². The third-order valence-electron chi connectivity index (χ3n) is 4.43. The van der Waals surface area contributed by atoms with E-state index in [0.717, 1.165) is 4.88 Å². The van der Waals surface area contributed by atoms with Crippen molar-refractivity contribution >= 4 is 35.0 Å². The fraction of sp³-hybridized carbons (Fsp3) is 0.333. The lowest BCUT2D eigenvalue weighted by Gasteiger charge is -2.35. The third-order valence-corrected chi connectivity index (χ3v) is 5.34. The van der Waals surface area contributed by atoms with Crippen LogP contribution in [0.5, 0.6) is 5.75 Å². The van der Waals surface area contributed by atoms with E-state index in [0.29, 0.717) is 38.5 Å². The minimum absolute atomic E-state index is 0.00640. The molecule has 166 valence electrons. The molecule has 1 aliphatic heterocycles. The maximum absolute atomic E-state index is 12.5. The maximum Gasteiger partial charge on any atom is 0.414 e. The van der Waals surface area contributed by atoms with Gasteiger partial charge in [0.2, 0.25) is 0 Å². The van der Waals surface area contributed by atoms with Gasteiger partial charge in [0.05, 0.1) is 11.4 Å². The number of carbonyl (C=O) groups is 4. The Bertz CT molecular complexity index is 866. The van der Waals surface area contributed by atoms with E-state index in [4.69, 9.17) is 24.5 Å². The number of para-hydroxylation sites is 1. The molecule has 1 unspecified atom stereocenters. The molecule has 2 aromatic rings. The van der Waals surface area contributed by atoms with Crippen LogP contribution in [0.3, 0.4) is 0 Å². The number of benzene rings is 1. The third kappa shape index (κ3) is 7.83. The first-order valence-electron chi connectivity index (χ1n) is 9.53. The van der Waals surface area contributed by atoms with E-state index in [9.17, 15) is 9.59 Å². The van der Waals surface area contributed by atoms with Gasteiger partial charge in [0.1, 0.15) is 5.75 Å². The van der Waals surface area contributed by atoms with Gasteiger partial charge in [-0.25, -0.2) is 9.59 Å². The number of amides is 1. The number of nitrogens with zero attached hydrogens (tertiary/aromatic N) is 2. The molecule has 0 radical (unpaired) electrons. The molecule has 1 aromatic carbocycles. The Morgan fingerprint density at radius 2 is 1.58 bits per heavy atom. The van der Waals surface area contributed by atoms with Gasteiger partial charge in [-0.2, -0.15) is 0 Å². The Morgan fingerprint density at radius 1 is 0.968 bits per heavy atom. The summed E-state index contributed by atoms with van der Waals surface area (Å²) in [5.74, 6) is -2.81. The van der Waals surface area contributed by atoms with Gasteiger partial charge in [-0.3, -0.25) is 14.5 Å². The van der Waals surface area contributed by atoms with Gasteiger partial charge in [0.25, 0.3) is 5.91 Å². The molecule has 31 heavy (non-hydrogen) atoms. The number of Topliss-reactive ketones (excluding diaryl/α,β-unsaturated/α-hetero) is 1. The number of ether oxygens (including phenoxy) is 1. The number of thiophene rings is 1. The summed E-state index contributed by atoms with van der Waals surface area (Å²) in [7, 11) is 0. The minimum atomic E-state index is -1.82. The first kappa shape index (κ1) is 24.0. The molecule has 0 saturated carbocycles. The number of hydrogen-bond acceptors (Lipinski definition) is 7. The van der Waals surface area contributed by atoms with E-state index >= 15 is 0 Å². The molecule has 1 fully saturated rings. The first-order chi connectivity index (χ1) is 14.8. The van der Waals surface area contributed by atoms with Gasteiger partial charge < -0.3 is 19.8 Å². The zero-order valence-corrected chi connectivity index (χ0v) is 17.8. The van der Waals surface area contributed by atoms with Crippen molar-refractivity contribution < 1.29 is 34.1 Å². The minimum Gasteiger partial charge on any atom is -0.481 e. The SMILES string of the molecule is CC(Oc1ccccc1)C(=O)N1CCN(CC(=O)c2cccs2)CC1.O=C(O)C(=O)O. The number of aliphatic carboxylic acids is 2. The number of carboxylic acid groups (broad SMARTS) is 2. The highest BCUT2D eigenvalue weighted by molar-refractivity contribution is 7.12. The van der Waals surface area contributed by atoms with Crippen LogP contribution in [-0.2, 0) is 14.4 Å². The lowest BCUT2D eigenvalue weighted by atomic mass is 10.2. The molecule has 1 aliphatic rings. The molecule has 1 saturated heterocycles. The van der Waals surface area contributed by atoms with E-state index in [-0.39, 0.29) is 11.7 Å².